The Hall–Kier alpha value is -2.90. The van der Waals surface area contributed by atoms with E-state index in [1.54, 1.807) is 11.8 Å². The lowest BCUT2D eigenvalue weighted by atomic mass is 10.2. The second kappa shape index (κ2) is 8.23. The van der Waals surface area contributed by atoms with Gasteiger partial charge in [0.05, 0.1) is 17.4 Å². The first kappa shape index (κ1) is 19.4. The highest BCUT2D eigenvalue weighted by molar-refractivity contribution is 7.99. The molecule has 0 fully saturated rings. The molecule has 29 heavy (non-hydrogen) atoms. The van der Waals surface area contributed by atoms with Crippen LogP contribution in [0.4, 0.5) is 5.69 Å². The van der Waals surface area contributed by atoms with Crippen LogP contribution in [0, 0.1) is 13.8 Å². The van der Waals surface area contributed by atoms with Crippen LogP contribution in [0.3, 0.4) is 0 Å². The summed E-state index contributed by atoms with van der Waals surface area (Å²) in [5.41, 5.74) is 1.47. The van der Waals surface area contributed by atoms with Crippen LogP contribution in [-0.2, 0) is 11.3 Å². The Morgan fingerprint density at radius 3 is 2.62 bits per heavy atom. The molecule has 0 bridgehead atoms. The first-order valence-corrected chi connectivity index (χ1v) is 10.7. The number of aromatic nitrogens is 2. The molecule has 5 nitrogen and oxygen atoms in total. The number of fused-ring (bicyclic) bond motifs is 1. The minimum absolute atomic E-state index is 0.0829. The molecule has 0 atom stereocenters. The Bertz CT molecular complexity index is 1250. The Kier molecular flexibility index (Phi) is 5.51. The molecule has 0 saturated carbocycles. The molecule has 2 heterocycles. The fourth-order valence-electron chi connectivity index (χ4n) is 3.00. The molecular weight excluding hydrogens is 402 g/mol. The van der Waals surface area contributed by atoms with Gasteiger partial charge in [0.2, 0.25) is 5.91 Å². The van der Waals surface area contributed by atoms with E-state index in [1.807, 2.05) is 68.4 Å². The van der Waals surface area contributed by atoms with Crippen LogP contribution in [0.15, 0.2) is 75.5 Å². The maximum atomic E-state index is 12.8. The molecule has 2 aromatic carbocycles. The third-order valence-electron chi connectivity index (χ3n) is 4.60. The molecule has 2 aromatic heterocycles. The van der Waals surface area contributed by atoms with Gasteiger partial charge in [-0.2, -0.15) is 0 Å². The van der Waals surface area contributed by atoms with Crippen molar-refractivity contribution < 1.29 is 4.79 Å². The van der Waals surface area contributed by atoms with E-state index < -0.39 is 0 Å². The number of aryl methyl sites for hydroxylation is 2. The van der Waals surface area contributed by atoms with E-state index in [-0.39, 0.29) is 18.0 Å². The number of nitrogens with one attached hydrogen (secondary N) is 1. The van der Waals surface area contributed by atoms with Crippen LogP contribution in [0.1, 0.15) is 10.4 Å². The summed E-state index contributed by atoms with van der Waals surface area (Å²) in [6.07, 6.45) is 1.45. The van der Waals surface area contributed by atoms with Gasteiger partial charge < -0.3 is 5.32 Å². The van der Waals surface area contributed by atoms with Crippen molar-refractivity contribution in [3.63, 3.8) is 0 Å². The first-order chi connectivity index (χ1) is 14.0. The van der Waals surface area contributed by atoms with Gasteiger partial charge in [0.1, 0.15) is 11.4 Å². The van der Waals surface area contributed by atoms with Crippen LogP contribution < -0.4 is 10.9 Å². The van der Waals surface area contributed by atoms with Crippen molar-refractivity contribution in [2.45, 2.75) is 30.2 Å². The second-order valence-corrected chi connectivity index (χ2v) is 8.92. The van der Waals surface area contributed by atoms with Crippen molar-refractivity contribution in [2.75, 3.05) is 5.32 Å². The van der Waals surface area contributed by atoms with Gasteiger partial charge in [0.15, 0.2) is 0 Å². The third kappa shape index (κ3) is 4.11. The van der Waals surface area contributed by atoms with Gasteiger partial charge in [-0.3, -0.25) is 14.2 Å². The van der Waals surface area contributed by atoms with Crippen LogP contribution in [0.25, 0.3) is 10.2 Å². The maximum absolute atomic E-state index is 12.8. The maximum Gasteiger partial charge on any atom is 0.262 e. The van der Waals surface area contributed by atoms with Crippen LogP contribution in [0.2, 0.25) is 0 Å². The molecule has 0 radical (unpaired) electrons. The first-order valence-electron chi connectivity index (χ1n) is 9.10. The average Bonchev–Trinajstić information content (AvgIpc) is 3.01. The number of hydrogen-bond acceptors (Lipinski definition) is 5. The Morgan fingerprint density at radius 1 is 1.10 bits per heavy atom. The molecule has 1 N–H and O–H groups in total. The number of nitrogens with zero attached hydrogens (tertiary/aromatic N) is 2. The highest BCUT2D eigenvalue weighted by Crippen LogP contribution is 2.33. The van der Waals surface area contributed by atoms with Crippen molar-refractivity contribution in [3.05, 3.63) is 81.7 Å². The fourth-order valence-corrected chi connectivity index (χ4v) is 4.91. The predicted octanol–water partition coefficient (Wildman–Crippen LogP) is 4.86. The highest BCUT2D eigenvalue weighted by atomic mass is 32.2. The number of para-hydroxylation sites is 1. The van der Waals surface area contributed by atoms with Gasteiger partial charge in [-0.15, -0.1) is 11.3 Å². The van der Waals surface area contributed by atoms with Gasteiger partial charge in [0, 0.05) is 14.7 Å². The minimum Gasteiger partial charge on any atom is -0.323 e. The number of rotatable bonds is 5. The normalized spacial score (nSPS) is 11.0. The number of amides is 1. The largest absolute Gasteiger partial charge is 0.323 e. The summed E-state index contributed by atoms with van der Waals surface area (Å²) in [5.74, 6) is -0.265. The van der Waals surface area contributed by atoms with Crippen molar-refractivity contribution in [1.29, 1.82) is 0 Å². The van der Waals surface area contributed by atoms with Crippen LogP contribution in [0.5, 0.6) is 0 Å². The van der Waals surface area contributed by atoms with Gasteiger partial charge >= 0.3 is 0 Å². The Morgan fingerprint density at radius 2 is 1.83 bits per heavy atom. The summed E-state index contributed by atoms with van der Waals surface area (Å²) < 4.78 is 1.36. The molecular formula is C22H19N3O2S2. The molecule has 0 saturated heterocycles. The Labute approximate surface area is 176 Å². The molecule has 0 aliphatic carbocycles. The van der Waals surface area contributed by atoms with E-state index in [9.17, 15) is 9.59 Å². The van der Waals surface area contributed by atoms with E-state index in [1.165, 1.54) is 22.2 Å². The van der Waals surface area contributed by atoms with E-state index in [4.69, 9.17) is 0 Å². The van der Waals surface area contributed by atoms with E-state index in [2.05, 4.69) is 10.3 Å². The fraction of sp³-hybridized carbons (Fsp3) is 0.136. The quantitative estimate of drug-likeness (QED) is 0.500. The number of anilines is 1. The lowest BCUT2D eigenvalue weighted by molar-refractivity contribution is -0.116. The Balaban J connectivity index is 1.55. The zero-order chi connectivity index (χ0) is 20.4. The molecule has 7 heteroatoms. The summed E-state index contributed by atoms with van der Waals surface area (Å²) in [6, 6.07) is 17.6. The summed E-state index contributed by atoms with van der Waals surface area (Å²) in [5, 5.41) is 3.53. The minimum atomic E-state index is -0.265. The molecule has 146 valence electrons. The smallest absolute Gasteiger partial charge is 0.262 e. The van der Waals surface area contributed by atoms with Gasteiger partial charge in [-0.05, 0) is 43.7 Å². The summed E-state index contributed by atoms with van der Waals surface area (Å²) in [7, 11) is 0. The lowest BCUT2D eigenvalue weighted by Crippen LogP contribution is -2.28. The number of hydrogen-bond donors (Lipinski definition) is 1. The van der Waals surface area contributed by atoms with Crippen molar-refractivity contribution in [3.8, 4) is 0 Å². The third-order valence-corrected chi connectivity index (χ3v) is 6.80. The summed E-state index contributed by atoms with van der Waals surface area (Å²) in [6.45, 7) is 3.80. The van der Waals surface area contributed by atoms with Gasteiger partial charge in [-0.25, -0.2) is 4.98 Å². The molecule has 0 spiro atoms. The lowest BCUT2D eigenvalue weighted by Gasteiger charge is -2.11. The van der Waals surface area contributed by atoms with Crippen LogP contribution in [-0.4, -0.2) is 15.5 Å². The summed E-state index contributed by atoms with van der Waals surface area (Å²) >= 11 is 3.08. The van der Waals surface area contributed by atoms with E-state index >= 15 is 0 Å². The number of carbonyl (C=O) groups is 1. The van der Waals surface area contributed by atoms with E-state index in [0.717, 1.165) is 25.9 Å². The monoisotopic (exact) mass is 421 g/mol. The summed E-state index contributed by atoms with van der Waals surface area (Å²) in [4.78, 5) is 33.6. The average molecular weight is 422 g/mol. The SMILES string of the molecule is Cc1sc2ncn(CC(=O)Nc3ccccc3Sc3ccccc3)c(=O)c2c1C. The number of carbonyl (C=O) groups excluding carboxylic acids is 1. The molecule has 1 amide bonds. The van der Waals surface area contributed by atoms with Crippen molar-refractivity contribution >= 4 is 44.9 Å². The van der Waals surface area contributed by atoms with Crippen LogP contribution >= 0.6 is 23.1 Å². The standard InChI is InChI=1S/C22H19N3O2S2/c1-14-15(2)28-21-20(14)22(27)25(13-23-21)12-19(26)24-17-10-6-7-11-18(17)29-16-8-4-3-5-9-16/h3-11,13H,12H2,1-2H3,(H,24,26). The topological polar surface area (TPSA) is 64.0 Å². The molecule has 4 rings (SSSR count). The predicted molar refractivity (Wildman–Crippen MR) is 119 cm³/mol. The van der Waals surface area contributed by atoms with Crippen molar-refractivity contribution in [2.24, 2.45) is 0 Å². The molecule has 0 aliphatic heterocycles. The zero-order valence-electron chi connectivity index (χ0n) is 16.0. The molecule has 0 unspecified atom stereocenters. The second-order valence-electron chi connectivity index (χ2n) is 6.60. The zero-order valence-corrected chi connectivity index (χ0v) is 17.6. The number of thiophene rings is 1. The number of benzene rings is 2. The van der Waals surface area contributed by atoms with Gasteiger partial charge in [-0.1, -0.05) is 42.1 Å². The van der Waals surface area contributed by atoms with Crippen molar-refractivity contribution in [1.82, 2.24) is 9.55 Å². The highest BCUT2D eigenvalue weighted by Gasteiger charge is 2.14. The molecule has 0 aliphatic rings. The van der Waals surface area contributed by atoms with E-state index in [0.29, 0.717) is 10.2 Å². The van der Waals surface area contributed by atoms with Gasteiger partial charge in [0.25, 0.3) is 5.56 Å². The molecule has 4 aromatic rings.